The van der Waals surface area contributed by atoms with E-state index < -0.39 is 5.92 Å². The van der Waals surface area contributed by atoms with Crippen molar-refractivity contribution in [2.75, 3.05) is 18.5 Å². The molecule has 1 heterocycles. The fourth-order valence-corrected chi connectivity index (χ4v) is 8.38. The van der Waals surface area contributed by atoms with Crippen molar-refractivity contribution in [2.24, 2.45) is 10.8 Å². The summed E-state index contributed by atoms with van der Waals surface area (Å²) in [5.41, 5.74) is 6.99. The minimum absolute atomic E-state index is 0.106. The Morgan fingerprint density at radius 1 is 0.907 bits per heavy atom. The predicted octanol–water partition coefficient (Wildman–Crippen LogP) is 8.55. The van der Waals surface area contributed by atoms with E-state index in [2.05, 4.69) is 76.7 Å². The number of aryl methyl sites for hydroxylation is 2. The van der Waals surface area contributed by atoms with Gasteiger partial charge in [-0.2, -0.15) is 0 Å². The van der Waals surface area contributed by atoms with Gasteiger partial charge in [0.1, 0.15) is 5.75 Å². The SMILES string of the molecule is CCN1C2=C(C(=O)CC(C)(C)C2)C(c2cc(Br)c(OCC(=O)Nc3ccc(C)cc3C)c(Br)c2)C2=C1CC(C)(C)CC2=O. The van der Waals surface area contributed by atoms with Crippen LogP contribution < -0.4 is 10.1 Å². The van der Waals surface area contributed by atoms with Crippen LogP contribution in [0.5, 0.6) is 5.75 Å². The average molecular weight is 713 g/mol. The highest BCUT2D eigenvalue weighted by molar-refractivity contribution is 9.11. The van der Waals surface area contributed by atoms with E-state index in [1.165, 1.54) is 0 Å². The molecule has 2 aromatic rings. The minimum atomic E-state index is -0.450. The second-order valence-corrected chi connectivity index (χ2v) is 15.5. The molecular weight excluding hydrogens is 672 g/mol. The molecule has 2 aliphatic carbocycles. The van der Waals surface area contributed by atoms with Crippen molar-refractivity contribution in [1.82, 2.24) is 4.90 Å². The Kier molecular flexibility index (Phi) is 8.60. The van der Waals surface area contributed by atoms with Gasteiger partial charge in [0.2, 0.25) is 0 Å². The van der Waals surface area contributed by atoms with Crippen LogP contribution in [0.3, 0.4) is 0 Å². The summed E-state index contributed by atoms with van der Waals surface area (Å²) in [5.74, 6) is -0.0168. The lowest BCUT2D eigenvalue weighted by atomic mass is 9.63. The van der Waals surface area contributed by atoms with E-state index >= 15 is 0 Å². The number of amides is 1. The van der Waals surface area contributed by atoms with Crippen molar-refractivity contribution in [3.05, 3.63) is 78.5 Å². The fourth-order valence-electron chi connectivity index (χ4n) is 6.92. The number of ether oxygens (including phenoxy) is 1. The molecule has 1 aliphatic heterocycles. The summed E-state index contributed by atoms with van der Waals surface area (Å²) >= 11 is 7.34. The Bertz CT molecular complexity index is 1520. The second kappa shape index (κ2) is 11.7. The van der Waals surface area contributed by atoms with Crippen LogP contribution in [0.4, 0.5) is 5.69 Å². The van der Waals surface area contributed by atoms with Crippen molar-refractivity contribution in [3.8, 4) is 5.75 Å². The third kappa shape index (κ3) is 6.28. The molecule has 5 rings (SSSR count). The van der Waals surface area contributed by atoms with Crippen LogP contribution in [0.2, 0.25) is 0 Å². The number of rotatable bonds is 6. The number of benzene rings is 2. The molecule has 43 heavy (non-hydrogen) atoms. The van der Waals surface area contributed by atoms with Crippen LogP contribution in [0.15, 0.2) is 61.8 Å². The summed E-state index contributed by atoms with van der Waals surface area (Å²) in [6.07, 6.45) is 2.45. The van der Waals surface area contributed by atoms with E-state index in [1.54, 1.807) is 0 Å². The first-order valence-corrected chi connectivity index (χ1v) is 16.5. The molecule has 2 aromatic carbocycles. The van der Waals surface area contributed by atoms with Gasteiger partial charge in [0.25, 0.3) is 5.91 Å². The highest BCUT2D eigenvalue weighted by Crippen LogP contribution is 2.55. The fraction of sp³-hybridized carbons (Fsp3) is 0.457. The maximum Gasteiger partial charge on any atom is 0.262 e. The standard InChI is InChI=1S/C35H40Br2N2O4/c1-8-39-25-14-34(4,5)16-27(40)31(25)30(32-26(39)15-35(6,7)17-28(32)41)21-12-22(36)33(23(37)13-21)43-18-29(42)38-24-10-9-19(2)11-20(24)3/h9-13,30H,8,14-18H2,1-7H3,(H,38,42). The maximum atomic E-state index is 13.9. The number of allylic oxidation sites excluding steroid dienone is 4. The van der Waals surface area contributed by atoms with Gasteiger partial charge in [0.05, 0.1) is 8.95 Å². The Morgan fingerprint density at radius 3 is 1.93 bits per heavy atom. The van der Waals surface area contributed by atoms with Crippen LogP contribution in [-0.2, 0) is 14.4 Å². The Balaban J connectivity index is 1.51. The summed E-state index contributed by atoms with van der Waals surface area (Å²) in [4.78, 5) is 42.8. The van der Waals surface area contributed by atoms with E-state index in [9.17, 15) is 14.4 Å². The maximum absolute atomic E-state index is 13.9. The highest BCUT2D eigenvalue weighted by atomic mass is 79.9. The number of nitrogens with one attached hydrogen (secondary N) is 1. The van der Waals surface area contributed by atoms with Gasteiger partial charge in [0.15, 0.2) is 18.2 Å². The summed E-state index contributed by atoms with van der Waals surface area (Å²) in [7, 11) is 0. The smallest absolute Gasteiger partial charge is 0.262 e. The lowest BCUT2D eigenvalue weighted by molar-refractivity contribution is -0.120. The van der Waals surface area contributed by atoms with Gasteiger partial charge in [-0.15, -0.1) is 0 Å². The van der Waals surface area contributed by atoms with E-state index in [4.69, 9.17) is 4.74 Å². The van der Waals surface area contributed by atoms with Gasteiger partial charge in [0, 0.05) is 53.5 Å². The first kappa shape index (κ1) is 31.7. The molecule has 0 aromatic heterocycles. The van der Waals surface area contributed by atoms with Gasteiger partial charge >= 0.3 is 0 Å². The number of halogens is 2. The number of anilines is 1. The third-order valence-corrected chi connectivity index (χ3v) is 9.87. The normalized spacial score (nSPS) is 19.8. The molecule has 228 valence electrons. The van der Waals surface area contributed by atoms with Crippen LogP contribution in [0.1, 0.15) is 82.9 Å². The number of ketones is 2. The topological polar surface area (TPSA) is 75.7 Å². The second-order valence-electron chi connectivity index (χ2n) is 13.7. The van der Waals surface area contributed by atoms with E-state index in [-0.39, 0.29) is 34.9 Å². The molecule has 0 saturated heterocycles. The van der Waals surface area contributed by atoms with Crippen LogP contribution in [0, 0.1) is 24.7 Å². The molecule has 3 aliphatic rings. The molecule has 8 heteroatoms. The number of hydrogen-bond donors (Lipinski definition) is 1. The Hall–Kier alpha value is -2.71. The Morgan fingerprint density at radius 2 is 1.44 bits per heavy atom. The predicted molar refractivity (Wildman–Crippen MR) is 177 cm³/mol. The zero-order chi connectivity index (χ0) is 31.4. The number of carbonyl (C=O) groups is 3. The van der Waals surface area contributed by atoms with Gasteiger partial charge in [-0.3, -0.25) is 14.4 Å². The van der Waals surface area contributed by atoms with Crippen LogP contribution >= 0.6 is 31.9 Å². The largest absolute Gasteiger partial charge is 0.481 e. The molecule has 0 atom stereocenters. The van der Waals surface area contributed by atoms with Gasteiger partial charge in [-0.1, -0.05) is 45.4 Å². The first-order valence-electron chi connectivity index (χ1n) is 14.9. The zero-order valence-corrected chi connectivity index (χ0v) is 29.2. The molecule has 1 N–H and O–H groups in total. The molecule has 1 amide bonds. The van der Waals surface area contributed by atoms with E-state index in [0.29, 0.717) is 34.1 Å². The number of carbonyl (C=O) groups excluding carboxylic acids is 3. The van der Waals surface area contributed by atoms with Gasteiger partial charge in [-0.25, -0.2) is 0 Å². The molecule has 0 fully saturated rings. The van der Waals surface area contributed by atoms with E-state index in [1.807, 2.05) is 44.2 Å². The molecule has 0 spiro atoms. The van der Waals surface area contributed by atoms with Gasteiger partial charge in [-0.05, 0) is 106 Å². The number of nitrogens with zero attached hydrogens (tertiary/aromatic N) is 1. The minimum Gasteiger partial charge on any atom is -0.481 e. The van der Waals surface area contributed by atoms with Crippen molar-refractivity contribution in [3.63, 3.8) is 0 Å². The number of Topliss-reactive ketones (excluding diaryl/α,β-unsaturated/α-hetero) is 2. The summed E-state index contributed by atoms with van der Waals surface area (Å²) in [6, 6.07) is 9.73. The van der Waals surface area contributed by atoms with Crippen molar-refractivity contribution in [1.29, 1.82) is 0 Å². The van der Waals surface area contributed by atoms with Gasteiger partial charge < -0.3 is 15.0 Å². The third-order valence-electron chi connectivity index (χ3n) is 8.70. The Labute approximate surface area is 271 Å². The molecule has 6 nitrogen and oxygen atoms in total. The molecule has 0 unspecified atom stereocenters. The van der Waals surface area contributed by atoms with E-state index in [0.717, 1.165) is 57.8 Å². The summed E-state index contributed by atoms with van der Waals surface area (Å²) in [6.45, 7) is 15.2. The highest BCUT2D eigenvalue weighted by Gasteiger charge is 2.48. The molecule has 0 saturated carbocycles. The number of hydrogen-bond acceptors (Lipinski definition) is 5. The molecule has 0 radical (unpaired) electrons. The first-order chi connectivity index (χ1) is 20.1. The van der Waals surface area contributed by atoms with Crippen LogP contribution in [0.25, 0.3) is 0 Å². The lowest BCUT2D eigenvalue weighted by Gasteiger charge is -2.49. The monoisotopic (exact) mass is 710 g/mol. The zero-order valence-electron chi connectivity index (χ0n) is 26.0. The van der Waals surface area contributed by atoms with Crippen molar-refractivity contribution in [2.45, 2.75) is 80.1 Å². The van der Waals surface area contributed by atoms with Crippen molar-refractivity contribution < 1.29 is 19.1 Å². The van der Waals surface area contributed by atoms with Crippen LogP contribution in [-0.4, -0.2) is 35.5 Å². The lowest BCUT2D eigenvalue weighted by Crippen LogP contribution is -2.44. The molecule has 0 bridgehead atoms. The summed E-state index contributed by atoms with van der Waals surface area (Å²) < 4.78 is 7.27. The average Bonchev–Trinajstić information content (AvgIpc) is 2.87. The van der Waals surface area contributed by atoms with Crippen molar-refractivity contribution >= 4 is 55.0 Å². The quantitative estimate of drug-likeness (QED) is 0.325. The summed E-state index contributed by atoms with van der Waals surface area (Å²) in [5, 5.41) is 2.92. The molecular formula is C35H40Br2N2O4.